The minimum atomic E-state index is -1.36. The Labute approximate surface area is 250 Å². The van der Waals surface area contributed by atoms with Crippen LogP contribution in [0.3, 0.4) is 0 Å². The summed E-state index contributed by atoms with van der Waals surface area (Å²) in [6.45, 7) is 5.80. The molecule has 15 heteroatoms. The van der Waals surface area contributed by atoms with Crippen LogP contribution >= 0.6 is 23.5 Å². The van der Waals surface area contributed by atoms with Gasteiger partial charge in [-0.3, -0.25) is 14.6 Å². The minimum absolute atomic E-state index is 0.149. The van der Waals surface area contributed by atoms with Crippen LogP contribution in [0, 0.1) is 0 Å². The van der Waals surface area contributed by atoms with Crippen LogP contribution in [0.5, 0.6) is 0 Å². The number of alkyl halides is 1. The number of furan rings is 1. The molecule has 0 spiro atoms. The Hall–Kier alpha value is -3.14. The molecule has 3 aromatic rings. The Morgan fingerprint density at radius 2 is 1.98 bits per heavy atom. The molecule has 224 valence electrons. The normalized spacial score (nSPS) is 22.3. The molecule has 2 atom stereocenters. The second-order valence-electron chi connectivity index (χ2n) is 10.4. The molecule has 6 rings (SSSR count). The average Bonchev–Trinajstić information content (AvgIpc) is 3.70. The minimum Gasteiger partial charge on any atom is -0.461 e. The summed E-state index contributed by atoms with van der Waals surface area (Å²) < 4.78 is 36.5. The van der Waals surface area contributed by atoms with E-state index in [-0.39, 0.29) is 5.95 Å². The fourth-order valence-corrected chi connectivity index (χ4v) is 7.10. The van der Waals surface area contributed by atoms with E-state index >= 15 is 0 Å². The van der Waals surface area contributed by atoms with E-state index in [0.717, 1.165) is 67.7 Å². The van der Waals surface area contributed by atoms with Crippen LogP contribution in [0.1, 0.15) is 0 Å². The monoisotopic (exact) mass is 617 g/mol. The Balaban J connectivity index is 1.10. The van der Waals surface area contributed by atoms with E-state index in [1.165, 1.54) is 10.8 Å². The summed E-state index contributed by atoms with van der Waals surface area (Å²) in [6, 6.07) is 3.03. The van der Waals surface area contributed by atoms with E-state index in [9.17, 15) is 13.6 Å². The third-order valence-corrected chi connectivity index (χ3v) is 9.50. The van der Waals surface area contributed by atoms with Gasteiger partial charge < -0.3 is 20.0 Å². The molecule has 2 unspecified atom stereocenters. The number of carbonyl (C=O) groups is 1. The first kappa shape index (κ1) is 29.0. The number of nitrogens with two attached hydrogens (primary N) is 1. The van der Waals surface area contributed by atoms with Gasteiger partial charge in [0.15, 0.2) is 17.0 Å². The number of aromatic nitrogens is 4. The largest absolute Gasteiger partial charge is 0.461 e. The number of hydrogen-bond acceptors (Lipinski definition) is 12. The molecule has 2 fully saturated rings. The van der Waals surface area contributed by atoms with Gasteiger partial charge >= 0.3 is 0 Å². The summed E-state index contributed by atoms with van der Waals surface area (Å²) in [5.41, 5.74) is 7.94. The van der Waals surface area contributed by atoms with Crippen molar-refractivity contribution in [3.8, 4) is 11.6 Å². The highest BCUT2D eigenvalue weighted by molar-refractivity contribution is 8.12. The zero-order chi connectivity index (χ0) is 29.2. The number of nitrogens with zero attached hydrogens (tertiary/aromatic N) is 8. The van der Waals surface area contributed by atoms with Gasteiger partial charge in [0.05, 0.1) is 18.0 Å². The van der Waals surface area contributed by atoms with Gasteiger partial charge in [0.2, 0.25) is 11.8 Å². The van der Waals surface area contributed by atoms with Crippen LogP contribution in [0.2, 0.25) is 0 Å². The molecule has 0 radical (unpaired) electrons. The number of halogens is 2. The number of rotatable bonds is 9. The molecule has 0 bridgehead atoms. The summed E-state index contributed by atoms with van der Waals surface area (Å²) in [7, 11) is 1.90. The average molecular weight is 618 g/mol. The van der Waals surface area contributed by atoms with Crippen molar-refractivity contribution in [2.24, 2.45) is 0 Å². The summed E-state index contributed by atoms with van der Waals surface area (Å²) in [5.74, 6) is 2.99. The fraction of sp³-hybridized carbons (Fsp3) is 0.481. The quantitative estimate of drug-likeness (QED) is 0.282. The molecule has 3 aromatic heterocycles. The highest BCUT2D eigenvalue weighted by Gasteiger charge is 2.34. The van der Waals surface area contributed by atoms with Crippen molar-refractivity contribution >= 4 is 46.6 Å². The topological polar surface area (TPSA) is 112 Å². The van der Waals surface area contributed by atoms with Crippen LogP contribution in [-0.4, -0.2) is 123 Å². The number of anilines is 2. The van der Waals surface area contributed by atoms with E-state index < -0.39 is 18.0 Å². The molecular formula is C27H33F2N9O2S2. The van der Waals surface area contributed by atoms with Crippen LogP contribution in [0.15, 0.2) is 51.4 Å². The van der Waals surface area contributed by atoms with Crippen LogP contribution in [0.4, 0.5) is 20.5 Å². The van der Waals surface area contributed by atoms with E-state index in [1.807, 2.05) is 28.6 Å². The predicted octanol–water partition coefficient (Wildman–Crippen LogP) is 2.81. The summed E-state index contributed by atoms with van der Waals surface area (Å²) in [5, 5.41) is 4.41. The maximum Gasteiger partial charge on any atom is 0.225 e. The molecule has 0 saturated carbocycles. The number of hydrogen-bond donors (Lipinski definition) is 1. The van der Waals surface area contributed by atoms with E-state index in [4.69, 9.17) is 10.2 Å². The lowest BCUT2D eigenvalue weighted by molar-refractivity contribution is 0.0856. The lowest BCUT2D eigenvalue weighted by Crippen LogP contribution is -2.54. The highest BCUT2D eigenvalue weighted by Crippen LogP contribution is 2.33. The van der Waals surface area contributed by atoms with Gasteiger partial charge in [-0.1, -0.05) is 0 Å². The highest BCUT2D eigenvalue weighted by atomic mass is 32.2. The van der Waals surface area contributed by atoms with Crippen molar-refractivity contribution in [2.45, 2.75) is 17.1 Å². The molecule has 2 N–H and O–H groups in total. The lowest BCUT2D eigenvalue weighted by atomic mass is 10.0. The van der Waals surface area contributed by atoms with Crippen LogP contribution < -0.4 is 10.6 Å². The Bertz CT molecular complexity index is 1470. The van der Waals surface area contributed by atoms with Crippen molar-refractivity contribution in [1.29, 1.82) is 0 Å². The van der Waals surface area contributed by atoms with E-state index in [1.54, 1.807) is 18.2 Å². The number of nitrogen functional groups attached to an aromatic ring is 1. The molecular weight excluding hydrogens is 584 g/mol. The number of carbonyl (C=O) groups excluding carboxylic acids is 1. The maximum atomic E-state index is 15.0. The third kappa shape index (κ3) is 5.87. The molecule has 3 aliphatic rings. The molecule has 5 heterocycles. The van der Waals surface area contributed by atoms with Crippen LogP contribution in [-0.2, 0) is 4.79 Å². The number of thioether (sulfide) groups is 2. The summed E-state index contributed by atoms with van der Waals surface area (Å²) >= 11 is 2.84. The van der Waals surface area contributed by atoms with Crippen molar-refractivity contribution in [3.05, 3.63) is 42.1 Å². The Kier molecular flexibility index (Phi) is 8.70. The van der Waals surface area contributed by atoms with Gasteiger partial charge in [-0.15, -0.1) is 5.10 Å². The van der Waals surface area contributed by atoms with Crippen molar-refractivity contribution < 1.29 is 18.0 Å². The van der Waals surface area contributed by atoms with Crippen molar-refractivity contribution in [1.82, 2.24) is 34.3 Å². The van der Waals surface area contributed by atoms with Crippen LogP contribution in [0.25, 0.3) is 17.2 Å². The van der Waals surface area contributed by atoms with Gasteiger partial charge in [-0.2, -0.15) is 21.3 Å². The first-order valence-corrected chi connectivity index (χ1v) is 15.9. The molecule has 0 aromatic carbocycles. The van der Waals surface area contributed by atoms with Gasteiger partial charge in [0.1, 0.15) is 22.7 Å². The zero-order valence-electron chi connectivity index (χ0n) is 23.2. The fourth-order valence-electron chi connectivity index (χ4n) is 5.55. The van der Waals surface area contributed by atoms with E-state index in [2.05, 4.69) is 24.9 Å². The molecule has 42 heavy (non-hydrogen) atoms. The molecule has 2 saturated heterocycles. The van der Waals surface area contributed by atoms with Gasteiger partial charge in [-0.25, -0.2) is 13.8 Å². The zero-order valence-corrected chi connectivity index (χ0v) is 24.9. The SMILES string of the molecule is CN(CCN1CCN(C2C=C(N3CCSCC3)C(F)=CC2F)CC1)c1nc(N)n2nc(-c3ccco3)nc2c1SC=O. The number of fused-ring (bicyclic) bond motifs is 1. The standard InChI is InChI=1S/C27H33F2N9O2S2/c1-34(25-23(42-17-39)26-31-24(22-3-2-12-40-22)33-38(26)27(30)32-25)4-5-35-6-8-36(9-7-35)20-16-21(19(29)15-18(20)28)37-10-13-41-14-11-37/h2-3,12,15-18,20H,4-11,13-14H2,1H3,(H2,30,32). The van der Waals surface area contributed by atoms with E-state index in [0.29, 0.717) is 53.3 Å². The maximum absolute atomic E-state index is 15.0. The second kappa shape index (κ2) is 12.6. The van der Waals surface area contributed by atoms with Gasteiger partial charge in [0, 0.05) is 70.9 Å². The first-order chi connectivity index (χ1) is 20.4. The summed E-state index contributed by atoms with van der Waals surface area (Å²) in [6.07, 6.45) is 3.10. The molecule has 2 aliphatic heterocycles. The molecule has 11 nitrogen and oxygen atoms in total. The Morgan fingerprint density at radius 3 is 2.69 bits per heavy atom. The third-order valence-electron chi connectivity index (χ3n) is 7.86. The van der Waals surface area contributed by atoms with Gasteiger partial charge in [0.25, 0.3) is 0 Å². The second-order valence-corrected chi connectivity index (χ2v) is 12.4. The first-order valence-electron chi connectivity index (χ1n) is 13.9. The van der Waals surface area contributed by atoms with Crippen molar-refractivity contribution in [2.75, 3.05) is 81.5 Å². The van der Waals surface area contributed by atoms with Crippen molar-refractivity contribution in [3.63, 3.8) is 0 Å². The lowest BCUT2D eigenvalue weighted by Gasteiger charge is -2.41. The summed E-state index contributed by atoms with van der Waals surface area (Å²) in [4.78, 5) is 29.7. The predicted molar refractivity (Wildman–Crippen MR) is 162 cm³/mol. The Morgan fingerprint density at radius 1 is 1.19 bits per heavy atom. The molecule has 1 aliphatic carbocycles. The van der Waals surface area contributed by atoms with Gasteiger partial charge in [-0.05, 0) is 36.0 Å². The number of piperazine rings is 1. The smallest absolute Gasteiger partial charge is 0.225 e. The number of likely N-dealkylation sites (N-methyl/N-ethyl adjacent to an activating group) is 1. The molecule has 0 amide bonds. The number of allylic oxidation sites excluding steroid dienone is 1.